The fourth-order valence-electron chi connectivity index (χ4n) is 2.56. The maximum absolute atomic E-state index is 13.7. The van der Waals surface area contributed by atoms with Gasteiger partial charge in [-0.1, -0.05) is 11.2 Å². The van der Waals surface area contributed by atoms with Crippen LogP contribution in [0, 0.1) is 5.82 Å². The number of likely N-dealkylation sites (N-methyl/N-ethyl adjacent to an activating group) is 1. The molecule has 1 atom stereocenters. The van der Waals surface area contributed by atoms with E-state index in [1.165, 1.54) is 13.2 Å². The normalized spacial score (nSPS) is 19.3. The monoisotopic (exact) mass is 306 g/mol. The zero-order valence-corrected chi connectivity index (χ0v) is 12.7. The molecule has 6 nitrogen and oxygen atoms in total. The summed E-state index contributed by atoms with van der Waals surface area (Å²) in [4.78, 5) is 6.63. The van der Waals surface area contributed by atoms with Gasteiger partial charge in [0.05, 0.1) is 19.6 Å². The van der Waals surface area contributed by atoms with Gasteiger partial charge in [-0.15, -0.1) is 0 Å². The van der Waals surface area contributed by atoms with Gasteiger partial charge in [-0.2, -0.15) is 4.98 Å². The molecule has 3 rings (SSSR count). The van der Waals surface area contributed by atoms with Gasteiger partial charge in [-0.05, 0) is 24.7 Å². The van der Waals surface area contributed by atoms with Crippen LogP contribution in [0.5, 0.6) is 5.75 Å². The van der Waals surface area contributed by atoms with Crippen molar-refractivity contribution in [3.63, 3.8) is 0 Å². The quantitative estimate of drug-likeness (QED) is 0.921. The van der Waals surface area contributed by atoms with Crippen molar-refractivity contribution >= 4 is 0 Å². The summed E-state index contributed by atoms with van der Waals surface area (Å²) in [6.45, 7) is 2.70. The summed E-state index contributed by atoms with van der Waals surface area (Å²) in [6, 6.07) is 4.93. The predicted octanol–water partition coefficient (Wildman–Crippen LogP) is 1.38. The molecule has 1 aliphatic heterocycles. The molecule has 22 heavy (non-hydrogen) atoms. The maximum Gasteiger partial charge on any atom is 0.231 e. The Balaban J connectivity index is 1.72. The molecule has 2 aromatic rings. The minimum Gasteiger partial charge on any atom is -0.494 e. The van der Waals surface area contributed by atoms with Crippen molar-refractivity contribution in [3.8, 4) is 5.75 Å². The zero-order valence-electron chi connectivity index (χ0n) is 12.7. The second-order valence-corrected chi connectivity index (χ2v) is 5.39. The predicted molar refractivity (Wildman–Crippen MR) is 78.3 cm³/mol. The number of nitrogens with one attached hydrogen (secondary N) is 1. The molecule has 1 N–H and O–H groups in total. The van der Waals surface area contributed by atoms with Crippen LogP contribution in [0.25, 0.3) is 0 Å². The summed E-state index contributed by atoms with van der Waals surface area (Å²) in [5, 5.41) is 7.37. The minimum atomic E-state index is -0.393. The van der Waals surface area contributed by atoms with E-state index in [2.05, 4.69) is 20.4 Å². The van der Waals surface area contributed by atoms with Gasteiger partial charge in [0.2, 0.25) is 5.89 Å². The van der Waals surface area contributed by atoms with Gasteiger partial charge < -0.3 is 14.6 Å². The molecule has 0 radical (unpaired) electrons. The van der Waals surface area contributed by atoms with Crippen LogP contribution in [0.1, 0.15) is 23.3 Å². The summed E-state index contributed by atoms with van der Waals surface area (Å²) in [7, 11) is 3.48. The highest BCUT2D eigenvalue weighted by molar-refractivity contribution is 5.30. The van der Waals surface area contributed by atoms with Crippen LogP contribution < -0.4 is 10.1 Å². The van der Waals surface area contributed by atoms with E-state index >= 15 is 0 Å². The van der Waals surface area contributed by atoms with Crippen LogP contribution in [-0.2, 0) is 6.42 Å². The Morgan fingerprint density at radius 2 is 2.36 bits per heavy atom. The fraction of sp³-hybridized carbons (Fsp3) is 0.467. The molecule has 1 unspecified atom stereocenters. The Bertz CT molecular complexity index is 646. The van der Waals surface area contributed by atoms with Gasteiger partial charge in [0.25, 0.3) is 0 Å². The van der Waals surface area contributed by atoms with Crippen LogP contribution >= 0.6 is 0 Å². The first kappa shape index (κ1) is 14.9. The van der Waals surface area contributed by atoms with Crippen molar-refractivity contribution in [1.29, 1.82) is 0 Å². The van der Waals surface area contributed by atoms with Gasteiger partial charge in [-0.25, -0.2) is 4.39 Å². The molecule has 0 amide bonds. The first-order chi connectivity index (χ1) is 10.7. The molecular formula is C15H19FN4O2. The number of halogens is 1. The number of aromatic nitrogens is 2. The van der Waals surface area contributed by atoms with Crippen LogP contribution in [0.15, 0.2) is 22.7 Å². The molecule has 0 saturated carbocycles. The topological polar surface area (TPSA) is 63.4 Å². The van der Waals surface area contributed by atoms with Crippen LogP contribution in [0.4, 0.5) is 4.39 Å². The standard InChI is InChI=1S/C15H19FN4O2/c1-20-6-5-17-9-12(20)15-18-14(22-19-15)8-10-3-4-13(21-2)11(16)7-10/h3-4,7,12,17H,5-6,8-9H2,1-2H3. The number of hydrogen-bond acceptors (Lipinski definition) is 6. The lowest BCUT2D eigenvalue weighted by molar-refractivity contribution is 0.190. The molecule has 1 aliphatic rings. The van der Waals surface area contributed by atoms with Crippen LogP contribution in [0.3, 0.4) is 0 Å². The molecular weight excluding hydrogens is 287 g/mol. The third-order valence-corrected chi connectivity index (χ3v) is 3.86. The van der Waals surface area contributed by atoms with Gasteiger partial charge in [0, 0.05) is 19.6 Å². The van der Waals surface area contributed by atoms with Crippen molar-refractivity contribution < 1.29 is 13.7 Å². The Morgan fingerprint density at radius 3 is 3.09 bits per heavy atom. The Labute approximate surface area is 128 Å². The summed E-state index contributed by atoms with van der Waals surface area (Å²) in [6.07, 6.45) is 0.401. The van der Waals surface area contributed by atoms with E-state index in [1.54, 1.807) is 12.1 Å². The van der Waals surface area contributed by atoms with E-state index in [4.69, 9.17) is 9.26 Å². The lowest BCUT2D eigenvalue weighted by atomic mass is 10.1. The second kappa shape index (κ2) is 6.41. The highest BCUT2D eigenvalue weighted by Crippen LogP contribution is 2.21. The van der Waals surface area contributed by atoms with Crippen LogP contribution in [0.2, 0.25) is 0 Å². The lowest BCUT2D eigenvalue weighted by Crippen LogP contribution is -2.44. The molecule has 0 spiro atoms. The largest absolute Gasteiger partial charge is 0.494 e. The molecule has 118 valence electrons. The SMILES string of the molecule is COc1ccc(Cc2nc(C3CNCCN3C)no2)cc1F. The van der Waals surface area contributed by atoms with E-state index in [0.717, 1.165) is 25.2 Å². The van der Waals surface area contributed by atoms with Crippen molar-refractivity contribution in [2.24, 2.45) is 0 Å². The Morgan fingerprint density at radius 1 is 1.50 bits per heavy atom. The maximum atomic E-state index is 13.7. The minimum absolute atomic E-state index is 0.110. The third kappa shape index (κ3) is 3.10. The van der Waals surface area contributed by atoms with Gasteiger partial charge >= 0.3 is 0 Å². The lowest BCUT2D eigenvalue weighted by Gasteiger charge is -2.30. The highest BCUT2D eigenvalue weighted by Gasteiger charge is 2.25. The number of ether oxygens (including phenoxy) is 1. The zero-order chi connectivity index (χ0) is 15.5. The fourth-order valence-corrected chi connectivity index (χ4v) is 2.56. The number of benzene rings is 1. The first-order valence-electron chi connectivity index (χ1n) is 7.23. The first-order valence-corrected chi connectivity index (χ1v) is 7.23. The summed E-state index contributed by atoms with van der Waals surface area (Å²) >= 11 is 0. The number of methoxy groups -OCH3 is 1. The van der Waals surface area contributed by atoms with E-state index in [0.29, 0.717) is 18.1 Å². The van der Waals surface area contributed by atoms with E-state index < -0.39 is 5.82 Å². The van der Waals surface area contributed by atoms with Crippen molar-refractivity contribution in [1.82, 2.24) is 20.4 Å². The van der Waals surface area contributed by atoms with Crippen LogP contribution in [-0.4, -0.2) is 48.8 Å². The average molecular weight is 306 g/mol. The molecule has 2 heterocycles. The molecule has 1 aromatic heterocycles. The number of hydrogen-bond donors (Lipinski definition) is 1. The van der Waals surface area contributed by atoms with Crippen molar-refractivity contribution in [2.45, 2.75) is 12.5 Å². The van der Waals surface area contributed by atoms with Gasteiger partial charge in [0.1, 0.15) is 0 Å². The third-order valence-electron chi connectivity index (χ3n) is 3.86. The van der Waals surface area contributed by atoms with Gasteiger partial charge in [-0.3, -0.25) is 4.90 Å². The van der Waals surface area contributed by atoms with Gasteiger partial charge in [0.15, 0.2) is 17.4 Å². The number of piperazine rings is 1. The summed E-state index contributed by atoms with van der Waals surface area (Å²) < 4.78 is 23.9. The van der Waals surface area contributed by atoms with E-state index in [9.17, 15) is 4.39 Å². The van der Waals surface area contributed by atoms with Crippen molar-refractivity contribution in [3.05, 3.63) is 41.3 Å². The molecule has 1 aromatic carbocycles. The van der Waals surface area contributed by atoms with Crippen molar-refractivity contribution in [2.75, 3.05) is 33.8 Å². The molecule has 0 aliphatic carbocycles. The number of nitrogens with zero attached hydrogens (tertiary/aromatic N) is 3. The smallest absolute Gasteiger partial charge is 0.231 e. The molecule has 1 saturated heterocycles. The van der Waals surface area contributed by atoms with E-state index in [-0.39, 0.29) is 11.8 Å². The highest BCUT2D eigenvalue weighted by atomic mass is 19.1. The summed E-state index contributed by atoms with van der Waals surface area (Å²) in [5.41, 5.74) is 0.767. The van der Waals surface area contributed by atoms with E-state index in [1.807, 2.05) is 7.05 Å². The average Bonchev–Trinajstić information content (AvgIpc) is 2.96. The Kier molecular flexibility index (Phi) is 4.35. The molecule has 1 fully saturated rings. The summed E-state index contributed by atoms with van der Waals surface area (Å²) in [5.74, 6) is 0.984. The Hall–Kier alpha value is -1.99. The number of rotatable bonds is 4. The molecule has 7 heteroatoms. The molecule has 0 bridgehead atoms. The second-order valence-electron chi connectivity index (χ2n) is 5.39.